The molecule has 0 radical (unpaired) electrons. The van der Waals surface area contributed by atoms with Crippen LogP contribution in [-0.2, 0) is 26.7 Å². The van der Waals surface area contributed by atoms with Gasteiger partial charge in [-0.1, -0.05) is 52.5 Å². The van der Waals surface area contributed by atoms with Crippen molar-refractivity contribution in [1.29, 1.82) is 0 Å². The van der Waals surface area contributed by atoms with Crippen LogP contribution in [0.25, 0.3) is 10.9 Å². The number of rotatable bonds is 3. The van der Waals surface area contributed by atoms with Crippen LogP contribution in [0, 0.1) is 11.3 Å². The fourth-order valence-corrected chi connectivity index (χ4v) is 9.37. The molecule has 37 heavy (non-hydrogen) atoms. The predicted molar refractivity (Wildman–Crippen MR) is 145 cm³/mol. The van der Waals surface area contributed by atoms with Gasteiger partial charge in [-0.15, -0.1) is 6.58 Å². The number of allylic oxidation sites excluding steroid dienone is 1. The molecule has 0 unspecified atom stereocenters. The lowest BCUT2D eigenvalue weighted by Gasteiger charge is -2.66. The van der Waals surface area contributed by atoms with Crippen molar-refractivity contribution in [2.75, 3.05) is 0 Å². The lowest BCUT2D eigenvalue weighted by atomic mass is 9.40. The van der Waals surface area contributed by atoms with Crippen LogP contribution in [0.1, 0.15) is 77.1 Å². The minimum atomic E-state index is -1.09. The van der Waals surface area contributed by atoms with E-state index in [1.165, 1.54) is 27.7 Å². The number of hydrogen-bond acceptors (Lipinski definition) is 4. The van der Waals surface area contributed by atoms with Crippen molar-refractivity contribution in [1.82, 2.24) is 4.98 Å². The summed E-state index contributed by atoms with van der Waals surface area (Å²) < 4.78 is 12.9. The van der Waals surface area contributed by atoms with E-state index in [1.807, 2.05) is 13.0 Å². The fourth-order valence-electron chi connectivity index (χ4n) is 9.37. The molecule has 2 saturated heterocycles. The number of benzene rings is 1. The Balaban J connectivity index is 1.35. The summed E-state index contributed by atoms with van der Waals surface area (Å²) >= 11 is 0. The summed E-state index contributed by atoms with van der Waals surface area (Å²) in [4.78, 5) is 3.88. The highest BCUT2D eigenvalue weighted by atomic mass is 16.7. The monoisotopic (exact) mass is 503 g/mol. The van der Waals surface area contributed by atoms with Crippen LogP contribution >= 0.6 is 0 Å². The molecule has 5 nitrogen and oxygen atoms in total. The van der Waals surface area contributed by atoms with Crippen LogP contribution in [0.2, 0.25) is 0 Å². The maximum absolute atomic E-state index is 12.8. The maximum Gasteiger partial charge on any atom is 0.153 e. The van der Waals surface area contributed by atoms with E-state index in [4.69, 9.17) is 9.47 Å². The molecule has 7 rings (SSSR count). The number of hydrogen-bond donors (Lipinski definition) is 3. The summed E-state index contributed by atoms with van der Waals surface area (Å²) in [5.74, 6) is 0.454. The Morgan fingerprint density at radius 2 is 1.97 bits per heavy atom. The van der Waals surface area contributed by atoms with Crippen molar-refractivity contribution in [3.63, 3.8) is 0 Å². The molecule has 5 aliphatic rings. The van der Waals surface area contributed by atoms with Crippen molar-refractivity contribution < 1.29 is 19.7 Å². The van der Waals surface area contributed by atoms with Gasteiger partial charge in [-0.3, -0.25) is 0 Å². The molecule has 0 bridgehead atoms. The number of aliphatic hydroxyl groups excluding tert-OH is 1. The molecule has 1 spiro atoms. The highest BCUT2D eigenvalue weighted by Gasteiger charge is 2.86. The molecule has 2 aliphatic heterocycles. The van der Waals surface area contributed by atoms with E-state index in [0.29, 0.717) is 12.3 Å². The second kappa shape index (κ2) is 6.98. The van der Waals surface area contributed by atoms with Gasteiger partial charge in [0, 0.05) is 32.8 Å². The minimum Gasteiger partial charge on any atom is -0.387 e. The van der Waals surface area contributed by atoms with E-state index in [-0.39, 0.29) is 16.9 Å². The topological polar surface area (TPSA) is 78.0 Å². The molecule has 3 aliphatic carbocycles. The van der Waals surface area contributed by atoms with Crippen LogP contribution in [-0.4, -0.2) is 50.8 Å². The van der Waals surface area contributed by atoms with Crippen molar-refractivity contribution in [2.45, 2.75) is 113 Å². The summed E-state index contributed by atoms with van der Waals surface area (Å²) in [7, 11) is 0. The highest BCUT2D eigenvalue weighted by Crippen LogP contribution is 2.74. The number of ether oxygens (including phenoxy) is 2. The number of H-pyrrole nitrogens is 1. The molecule has 1 aromatic carbocycles. The lowest BCUT2D eigenvalue weighted by Crippen LogP contribution is -2.76. The normalized spacial score (nSPS) is 45.9. The first-order valence-electron chi connectivity index (χ1n) is 14.0. The standard InChI is InChI=1S/C32H41NO4/c1-8-28(4,5)18-9-10-20-21-15-19-11-14-31(35)29(6,30(19,7)26(21)33-22(20)16-18)13-12-23-32(31)27(37-32)24(34)25(36-23)17(2)3/h8-10,16,19,23-25,27,33-35H,1-2,11-15H2,3-7H3/t19-,23-,24-,25+,27+,29+,30+,31-,32-/m0/s1. The third kappa shape index (κ3) is 2.52. The van der Waals surface area contributed by atoms with Gasteiger partial charge in [-0.2, -0.15) is 0 Å². The first-order valence-corrected chi connectivity index (χ1v) is 14.0. The van der Waals surface area contributed by atoms with Crippen LogP contribution in [0.4, 0.5) is 0 Å². The fraction of sp³-hybridized carbons (Fsp3) is 0.625. The summed E-state index contributed by atoms with van der Waals surface area (Å²) in [5.41, 5.74) is 3.20. The molecule has 9 atom stereocenters. The molecule has 2 saturated carbocycles. The van der Waals surface area contributed by atoms with Crippen molar-refractivity contribution >= 4 is 10.9 Å². The van der Waals surface area contributed by atoms with Crippen molar-refractivity contribution in [3.05, 3.63) is 59.8 Å². The summed E-state index contributed by atoms with van der Waals surface area (Å²) in [6.07, 6.45) is 4.41. The molecular formula is C32H41NO4. The number of nitrogens with one attached hydrogen (secondary N) is 1. The maximum atomic E-state index is 12.8. The Morgan fingerprint density at radius 1 is 1.22 bits per heavy atom. The first kappa shape index (κ1) is 24.1. The molecule has 3 N–H and O–H groups in total. The van der Waals surface area contributed by atoms with Gasteiger partial charge in [-0.05, 0) is 67.7 Å². The van der Waals surface area contributed by atoms with E-state index in [9.17, 15) is 10.2 Å². The molecule has 4 fully saturated rings. The van der Waals surface area contributed by atoms with Gasteiger partial charge in [0.25, 0.3) is 0 Å². The minimum absolute atomic E-state index is 0.105. The molecule has 198 valence electrons. The summed E-state index contributed by atoms with van der Waals surface area (Å²) in [6, 6.07) is 6.80. The van der Waals surface area contributed by atoms with Crippen LogP contribution in [0.3, 0.4) is 0 Å². The number of aromatic nitrogens is 1. The van der Waals surface area contributed by atoms with Gasteiger partial charge >= 0.3 is 0 Å². The second-order valence-electron chi connectivity index (χ2n) is 13.8. The molecule has 1 aromatic heterocycles. The molecule has 5 heteroatoms. The Morgan fingerprint density at radius 3 is 2.68 bits per heavy atom. The average molecular weight is 504 g/mol. The number of aliphatic hydroxyl groups is 2. The molecule has 2 aromatic rings. The quantitative estimate of drug-likeness (QED) is 0.396. The van der Waals surface area contributed by atoms with Crippen molar-refractivity contribution in [3.8, 4) is 0 Å². The largest absolute Gasteiger partial charge is 0.387 e. The van der Waals surface area contributed by atoms with Crippen molar-refractivity contribution in [2.24, 2.45) is 11.3 Å². The lowest BCUT2D eigenvalue weighted by molar-refractivity contribution is -0.265. The zero-order valence-electron chi connectivity index (χ0n) is 22.9. The van der Waals surface area contributed by atoms with Crippen LogP contribution in [0.15, 0.2) is 43.0 Å². The third-order valence-corrected chi connectivity index (χ3v) is 12.0. The zero-order valence-corrected chi connectivity index (χ0v) is 22.9. The number of fused-ring (bicyclic) bond motifs is 7. The number of aromatic amines is 1. The van der Waals surface area contributed by atoms with E-state index in [0.717, 1.165) is 31.3 Å². The van der Waals surface area contributed by atoms with E-state index in [2.05, 4.69) is 64.0 Å². The predicted octanol–water partition coefficient (Wildman–Crippen LogP) is 5.23. The van der Waals surface area contributed by atoms with Crippen LogP contribution < -0.4 is 0 Å². The second-order valence-corrected chi connectivity index (χ2v) is 13.8. The number of epoxide rings is 1. The van der Waals surface area contributed by atoms with Gasteiger partial charge in [0.1, 0.15) is 23.9 Å². The van der Waals surface area contributed by atoms with Gasteiger partial charge in [-0.25, -0.2) is 0 Å². The Bertz CT molecular complexity index is 1360. The first-order chi connectivity index (χ1) is 17.4. The van der Waals surface area contributed by atoms with Crippen LogP contribution in [0.5, 0.6) is 0 Å². The average Bonchev–Trinajstić information content (AvgIpc) is 3.44. The zero-order chi connectivity index (χ0) is 26.3. The van der Waals surface area contributed by atoms with E-state index in [1.54, 1.807) is 0 Å². The Labute approximate surface area is 219 Å². The van der Waals surface area contributed by atoms with Gasteiger partial charge < -0.3 is 24.7 Å². The summed E-state index contributed by atoms with van der Waals surface area (Å²) in [6.45, 7) is 19.0. The molecular weight excluding hydrogens is 462 g/mol. The summed E-state index contributed by atoms with van der Waals surface area (Å²) in [5, 5.41) is 25.3. The van der Waals surface area contributed by atoms with E-state index < -0.39 is 34.9 Å². The van der Waals surface area contributed by atoms with Gasteiger partial charge in [0.2, 0.25) is 0 Å². The molecule has 3 heterocycles. The van der Waals surface area contributed by atoms with Gasteiger partial charge in [0.15, 0.2) is 5.60 Å². The third-order valence-electron chi connectivity index (χ3n) is 12.0. The SMILES string of the molecule is C=CC(C)(C)c1ccc2c3c([nH]c2c1)[C@@]1(C)[C@@H](CC[C@@]2(O)[C@@]45O[C@@H]4[C@@H](O)[C@@H](C(=C)C)O[C@H]5CC[C@@]21C)C3. The van der Waals surface area contributed by atoms with E-state index >= 15 is 0 Å². The Kier molecular flexibility index (Phi) is 4.56. The molecule has 0 amide bonds. The smallest absolute Gasteiger partial charge is 0.153 e. The van der Waals surface area contributed by atoms with Gasteiger partial charge in [0.05, 0.1) is 6.10 Å². The highest BCUT2D eigenvalue weighted by molar-refractivity contribution is 5.87. The Hall–Kier alpha value is -1.92.